The summed E-state index contributed by atoms with van der Waals surface area (Å²) in [6.07, 6.45) is 3.43. The maximum absolute atomic E-state index is 10.8. The van der Waals surface area contributed by atoms with E-state index in [9.17, 15) is 4.79 Å². The maximum Gasteiger partial charge on any atom is 0.354 e. The summed E-state index contributed by atoms with van der Waals surface area (Å²) in [5.74, 6) is -0.986. The zero-order valence-electron chi connectivity index (χ0n) is 8.38. The van der Waals surface area contributed by atoms with Crippen LogP contribution in [0.2, 0.25) is 0 Å². The topological polar surface area (TPSA) is 72.9 Å². The second kappa shape index (κ2) is 3.23. The quantitative estimate of drug-likeness (QED) is 0.777. The summed E-state index contributed by atoms with van der Waals surface area (Å²) in [6.45, 7) is 0. The Bertz CT molecular complexity index is 512. The highest BCUT2D eigenvalue weighted by atomic mass is 16.4. The summed E-state index contributed by atoms with van der Waals surface area (Å²) in [5, 5.41) is 16.9. The van der Waals surface area contributed by atoms with Crippen molar-refractivity contribution in [2.75, 3.05) is 0 Å². The number of hydrogen-bond donors (Lipinski definition) is 1. The van der Waals surface area contributed by atoms with Gasteiger partial charge < -0.3 is 5.11 Å². The average molecular weight is 206 g/mol. The van der Waals surface area contributed by atoms with Gasteiger partial charge in [-0.05, 0) is 6.07 Å². The summed E-state index contributed by atoms with van der Waals surface area (Å²) in [7, 11) is 3.40. The lowest BCUT2D eigenvalue weighted by Crippen LogP contribution is -2.04. The first-order valence-electron chi connectivity index (χ1n) is 4.34. The number of hydrogen-bond acceptors (Lipinski definition) is 3. The molecule has 0 aliphatic carbocycles. The van der Waals surface area contributed by atoms with Crippen LogP contribution in [0.1, 0.15) is 10.5 Å². The van der Waals surface area contributed by atoms with Crippen LogP contribution < -0.4 is 0 Å². The van der Waals surface area contributed by atoms with Crippen molar-refractivity contribution in [1.29, 1.82) is 0 Å². The third-order valence-corrected chi connectivity index (χ3v) is 2.10. The smallest absolute Gasteiger partial charge is 0.354 e. The number of aromatic carboxylic acids is 1. The van der Waals surface area contributed by atoms with Gasteiger partial charge in [0.1, 0.15) is 5.69 Å². The van der Waals surface area contributed by atoms with Crippen LogP contribution in [0, 0.1) is 0 Å². The highest BCUT2D eigenvalue weighted by Gasteiger charge is 2.13. The summed E-state index contributed by atoms with van der Waals surface area (Å²) in [5.41, 5.74) is 1.58. The van der Waals surface area contributed by atoms with Crippen molar-refractivity contribution in [2.45, 2.75) is 0 Å². The van der Waals surface area contributed by atoms with Crippen LogP contribution in [0.15, 0.2) is 18.5 Å². The van der Waals surface area contributed by atoms with Crippen molar-refractivity contribution in [3.05, 3.63) is 24.2 Å². The van der Waals surface area contributed by atoms with E-state index in [1.165, 1.54) is 10.7 Å². The van der Waals surface area contributed by atoms with Gasteiger partial charge in [0.2, 0.25) is 0 Å². The number of aryl methyl sites for hydroxylation is 2. The Kier molecular flexibility index (Phi) is 2.03. The lowest BCUT2D eigenvalue weighted by Gasteiger charge is -1.91. The molecule has 0 unspecified atom stereocenters. The van der Waals surface area contributed by atoms with Gasteiger partial charge in [0.25, 0.3) is 0 Å². The van der Waals surface area contributed by atoms with E-state index in [-0.39, 0.29) is 5.69 Å². The normalized spacial score (nSPS) is 10.5. The molecule has 2 aromatic rings. The second-order valence-electron chi connectivity index (χ2n) is 3.25. The molecule has 0 bridgehead atoms. The Balaban J connectivity index is 2.46. The summed E-state index contributed by atoms with van der Waals surface area (Å²) >= 11 is 0. The third kappa shape index (κ3) is 1.61. The molecule has 2 rings (SSSR count). The van der Waals surface area contributed by atoms with E-state index in [0.29, 0.717) is 5.69 Å². The first kappa shape index (κ1) is 9.45. The van der Waals surface area contributed by atoms with E-state index >= 15 is 0 Å². The van der Waals surface area contributed by atoms with Crippen LogP contribution in [0.3, 0.4) is 0 Å². The highest BCUT2D eigenvalue weighted by molar-refractivity contribution is 5.87. The number of carbonyl (C=O) groups is 1. The standard InChI is InChI=1S/C9H10N4O2/c1-12-5-6(4-10-12)7-3-8(9(14)15)13(2)11-7/h3-5H,1-2H3,(H,14,15). The largest absolute Gasteiger partial charge is 0.477 e. The minimum Gasteiger partial charge on any atom is -0.477 e. The molecule has 0 amide bonds. The average Bonchev–Trinajstić information content (AvgIpc) is 2.71. The van der Waals surface area contributed by atoms with Gasteiger partial charge in [-0.15, -0.1) is 0 Å². The first-order valence-corrected chi connectivity index (χ1v) is 4.34. The van der Waals surface area contributed by atoms with E-state index < -0.39 is 5.97 Å². The van der Waals surface area contributed by atoms with Crippen molar-refractivity contribution in [1.82, 2.24) is 19.6 Å². The number of nitrogens with zero attached hydrogens (tertiary/aromatic N) is 4. The van der Waals surface area contributed by atoms with Gasteiger partial charge in [0, 0.05) is 25.9 Å². The minimum atomic E-state index is -0.986. The molecule has 0 saturated carbocycles. The van der Waals surface area contributed by atoms with Crippen LogP contribution in [0.5, 0.6) is 0 Å². The zero-order valence-corrected chi connectivity index (χ0v) is 8.38. The second-order valence-corrected chi connectivity index (χ2v) is 3.25. The van der Waals surface area contributed by atoms with Gasteiger partial charge in [-0.3, -0.25) is 9.36 Å². The molecular weight excluding hydrogens is 196 g/mol. The molecule has 6 heteroatoms. The number of carboxylic acids is 1. The van der Waals surface area contributed by atoms with Crippen LogP contribution in [-0.4, -0.2) is 30.6 Å². The fourth-order valence-electron chi connectivity index (χ4n) is 1.36. The summed E-state index contributed by atoms with van der Waals surface area (Å²) < 4.78 is 2.98. The predicted octanol–water partition coefficient (Wildman–Crippen LogP) is 0.519. The van der Waals surface area contributed by atoms with Crippen molar-refractivity contribution in [3.8, 4) is 11.3 Å². The van der Waals surface area contributed by atoms with Crippen molar-refractivity contribution < 1.29 is 9.90 Å². The molecule has 0 atom stereocenters. The Morgan fingerprint density at radius 2 is 2.20 bits per heavy atom. The molecule has 2 aromatic heterocycles. The fourth-order valence-corrected chi connectivity index (χ4v) is 1.36. The molecule has 0 aliphatic rings. The van der Waals surface area contributed by atoms with Crippen molar-refractivity contribution in [3.63, 3.8) is 0 Å². The van der Waals surface area contributed by atoms with Crippen molar-refractivity contribution >= 4 is 5.97 Å². The van der Waals surface area contributed by atoms with Crippen LogP contribution in [0.4, 0.5) is 0 Å². The fraction of sp³-hybridized carbons (Fsp3) is 0.222. The van der Waals surface area contributed by atoms with Gasteiger partial charge in [0.15, 0.2) is 0 Å². The molecule has 0 radical (unpaired) electrons. The lowest BCUT2D eigenvalue weighted by atomic mass is 10.2. The first-order chi connectivity index (χ1) is 7.08. The van der Waals surface area contributed by atoms with Crippen LogP contribution >= 0.6 is 0 Å². The van der Waals surface area contributed by atoms with Crippen LogP contribution in [0.25, 0.3) is 11.3 Å². The molecule has 0 saturated heterocycles. The molecule has 0 fully saturated rings. The Labute approximate surface area is 85.8 Å². The highest BCUT2D eigenvalue weighted by Crippen LogP contribution is 2.17. The monoisotopic (exact) mass is 206 g/mol. The SMILES string of the molecule is Cn1cc(-c2cc(C(=O)O)n(C)n2)cn1. The van der Waals surface area contributed by atoms with Gasteiger partial charge in [-0.1, -0.05) is 0 Å². The molecule has 0 spiro atoms. The molecule has 1 N–H and O–H groups in total. The van der Waals surface area contributed by atoms with E-state index in [1.54, 1.807) is 31.2 Å². The predicted molar refractivity (Wildman–Crippen MR) is 52.4 cm³/mol. The van der Waals surface area contributed by atoms with E-state index in [2.05, 4.69) is 10.2 Å². The van der Waals surface area contributed by atoms with Gasteiger partial charge in [0.05, 0.1) is 11.9 Å². The molecule has 0 aromatic carbocycles. The molecule has 2 heterocycles. The third-order valence-electron chi connectivity index (χ3n) is 2.10. The molecular formula is C9H10N4O2. The van der Waals surface area contributed by atoms with Gasteiger partial charge >= 0.3 is 5.97 Å². The molecule has 15 heavy (non-hydrogen) atoms. The molecule has 0 aliphatic heterocycles. The van der Waals surface area contributed by atoms with E-state index in [4.69, 9.17) is 5.11 Å². The Morgan fingerprint density at radius 1 is 1.47 bits per heavy atom. The molecule has 6 nitrogen and oxygen atoms in total. The summed E-state index contributed by atoms with van der Waals surface area (Å²) in [6, 6.07) is 1.53. The zero-order chi connectivity index (χ0) is 11.0. The van der Waals surface area contributed by atoms with Crippen LogP contribution in [-0.2, 0) is 14.1 Å². The van der Waals surface area contributed by atoms with E-state index in [0.717, 1.165) is 5.56 Å². The van der Waals surface area contributed by atoms with Gasteiger partial charge in [-0.25, -0.2) is 4.79 Å². The maximum atomic E-state index is 10.8. The molecule has 78 valence electrons. The number of rotatable bonds is 2. The number of aromatic nitrogens is 4. The Morgan fingerprint density at radius 3 is 2.67 bits per heavy atom. The van der Waals surface area contributed by atoms with Gasteiger partial charge in [-0.2, -0.15) is 10.2 Å². The van der Waals surface area contributed by atoms with Crippen molar-refractivity contribution in [2.24, 2.45) is 14.1 Å². The summed E-state index contributed by atoms with van der Waals surface area (Å²) in [4.78, 5) is 10.8. The minimum absolute atomic E-state index is 0.161. The Hall–Kier alpha value is -2.11. The lowest BCUT2D eigenvalue weighted by molar-refractivity contribution is 0.0685. The van der Waals surface area contributed by atoms with E-state index in [1.807, 2.05) is 0 Å². The number of carboxylic acid groups (broad SMARTS) is 1.